The first-order chi connectivity index (χ1) is 6.95. The molecule has 0 aromatic carbocycles. The van der Waals surface area contributed by atoms with Crippen molar-refractivity contribution in [3.05, 3.63) is 12.7 Å². The Labute approximate surface area is 92.8 Å². The van der Waals surface area contributed by atoms with Crippen molar-refractivity contribution in [2.45, 2.75) is 44.3 Å². The van der Waals surface area contributed by atoms with E-state index < -0.39 is 10.0 Å². The van der Waals surface area contributed by atoms with Crippen LogP contribution in [-0.4, -0.2) is 13.7 Å². The van der Waals surface area contributed by atoms with E-state index in [1.807, 2.05) is 6.92 Å². The topological polar surface area (TPSA) is 60.2 Å². The second-order valence-electron chi connectivity index (χ2n) is 4.66. The molecule has 0 bridgehead atoms. The average molecular weight is 231 g/mol. The van der Waals surface area contributed by atoms with Crippen molar-refractivity contribution in [1.82, 2.24) is 0 Å². The molecule has 2 atom stereocenters. The maximum atomic E-state index is 11.5. The first-order valence-electron chi connectivity index (χ1n) is 5.57. The standard InChI is InChI=1S/C11H21NO2S/c1-3-5-9(2)11(15(12,13)14)8-10-6-4-7-10/h3,9-11H,1,4-8H2,2H3,(H2,12,13,14). The fourth-order valence-corrected chi connectivity index (χ4v) is 3.46. The van der Waals surface area contributed by atoms with Gasteiger partial charge in [0.25, 0.3) is 0 Å². The molecule has 1 aliphatic rings. The number of allylic oxidation sites excluding steroid dienone is 1. The van der Waals surface area contributed by atoms with E-state index in [0.29, 0.717) is 12.3 Å². The van der Waals surface area contributed by atoms with Crippen LogP contribution in [0.2, 0.25) is 0 Å². The molecule has 3 nitrogen and oxygen atoms in total. The Bertz CT molecular complexity index is 307. The second kappa shape index (κ2) is 5.12. The van der Waals surface area contributed by atoms with Crippen LogP contribution in [0.3, 0.4) is 0 Å². The molecule has 0 saturated heterocycles. The van der Waals surface area contributed by atoms with Gasteiger partial charge in [-0.15, -0.1) is 6.58 Å². The van der Waals surface area contributed by atoms with Crippen LogP contribution in [0.1, 0.15) is 39.0 Å². The number of sulfonamides is 1. The monoisotopic (exact) mass is 231 g/mol. The Balaban J connectivity index is 2.63. The van der Waals surface area contributed by atoms with Crippen molar-refractivity contribution in [3.8, 4) is 0 Å². The SMILES string of the molecule is C=CCC(C)C(CC1CCC1)S(N)(=O)=O. The Hall–Kier alpha value is -0.350. The molecule has 88 valence electrons. The Morgan fingerprint density at radius 1 is 1.53 bits per heavy atom. The highest BCUT2D eigenvalue weighted by molar-refractivity contribution is 7.89. The Morgan fingerprint density at radius 3 is 2.47 bits per heavy atom. The first-order valence-corrected chi connectivity index (χ1v) is 7.18. The summed E-state index contributed by atoms with van der Waals surface area (Å²) in [6.07, 6.45) is 6.77. The minimum atomic E-state index is -3.41. The van der Waals surface area contributed by atoms with Gasteiger partial charge in [-0.25, -0.2) is 13.6 Å². The molecule has 0 aromatic rings. The molecule has 0 aromatic heterocycles. The van der Waals surface area contributed by atoms with Crippen LogP contribution in [0.4, 0.5) is 0 Å². The molecule has 1 fully saturated rings. The quantitative estimate of drug-likeness (QED) is 0.711. The summed E-state index contributed by atoms with van der Waals surface area (Å²) in [6, 6.07) is 0. The summed E-state index contributed by atoms with van der Waals surface area (Å²) in [5, 5.41) is 4.89. The Morgan fingerprint density at radius 2 is 2.13 bits per heavy atom. The van der Waals surface area contributed by atoms with Crippen molar-refractivity contribution in [1.29, 1.82) is 0 Å². The summed E-state index contributed by atoms with van der Waals surface area (Å²) in [4.78, 5) is 0. The third-order valence-electron chi connectivity index (χ3n) is 3.39. The number of hydrogen-bond donors (Lipinski definition) is 1. The van der Waals surface area contributed by atoms with E-state index in [-0.39, 0.29) is 11.2 Å². The van der Waals surface area contributed by atoms with E-state index >= 15 is 0 Å². The van der Waals surface area contributed by atoms with Crippen LogP contribution in [0.15, 0.2) is 12.7 Å². The zero-order chi connectivity index (χ0) is 11.5. The van der Waals surface area contributed by atoms with Crippen LogP contribution in [-0.2, 0) is 10.0 Å². The Kier molecular flexibility index (Phi) is 4.34. The van der Waals surface area contributed by atoms with Crippen molar-refractivity contribution in [2.75, 3.05) is 0 Å². The van der Waals surface area contributed by atoms with Gasteiger partial charge in [-0.05, 0) is 24.7 Å². The molecule has 1 aliphatic carbocycles. The number of nitrogens with two attached hydrogens (primary N) is 1. The fourth-order valence-electron chi connectivity index (χ4n) is 2.16. The molecule has 0 spiro atoms. The van der Waals surface area contributed by atoms with E-state index in [1.54, 1.807) is 6.08 Å². The molecule has 0 heterocycles. The molecule has 2 N–H and O–H groups in total. The van der Waals surface area contributed by atoms with Gasteiger partial charge in [-0.2, -0.15) is 0 Å². The summed E-state index contributed by atoms with van der Waals surface area (Å²) >= 11 is 0. The van der Waals surface area contributed by atoms with Gasteiger partial charge in [0.05, 0.1) is 5.25 Å². The molecule has 0 amide bonds. The highest BCUT2D eigenvalue weighted by Gasteiger charge is 2.32. The fraction of sp³-hybridized carbons (Fsp3) is 0.818. The van der Waals surface area contributed by atoms with E-state index in [2.05, 4.69) is 6.58 Å². The van der Waals surface area contributed by atoms with Crippen LogP contribution in [0.25, 0.3) is 0 Å². The van der Waals surface area contributed by atoms with Gasteiger partial charge in [0.2, 0.25) is 10.0 Å². The summed E-state index contributed by atoms with van der Waals surface area (Å²) in [5.74, 6) is 0.652. The largest absolute Gasteiger partial charge is 0.228 e. The number of primary sulfonamides is 1. The van der Waals surface area contributed by atoms with Gasteiger partial charge >= 0.3 is 0 Å². The van der Waals surface area contributed by atoms with Crippen LogP contribution in [0.5, 0.6) is 0 Å². The number of rotatable bonds is 6. The molecule has 1 rings (SSSR count). The lowest BCUT2D eigenvalue weighted by atomic mass is 9.80. The lowest BCUT2D eigenvalue weighted by Gasteiger charge is -2.31. The summed E-state index contributed by atoms with van der Waals surface area (Å²) in [6.45, 7) is 5.58. The smallest absolute Gasteiger partial charge is 0.212 e. The molecule has 2 unspecified atom stereocenters. The third-order valence-corrected chi connectivity index (χ3v) is 4.89. The van der Waals surface area contributed by atoms with Crippen LogP contribution in [0, 0.1) is 11.8 Å². The maximum Gasteiger partial charge on any atom is 0.212 e. The molecular formula is C11H21NO2S. The van der Waals surface area contributed by atoms with E-state index in [0.717, 1.165) is 19.3 Å². The zero-order valence-electron chi connectivity index (χ0n) is 9.35. The molecule has 4 heteroatoms. The highest BCUT2D eigenvalue weighted by atomic mass is 32.2. The zero-order valence-corrected chi connectivity index (χ0v) is 10.2. The molecule has 0 radical (unpaired) electrons. The van der Waals surface area contributed by atoms with Gasteiger partial charge < -0.3 is 0 Å². The predicted octanol–water partition coefficient (Wildman–Crippen LogP) is 2.05. The average Bonchev–Trinajstić information content (AvgIpc) is 1.99. The second-order valence-corrected chi connectivity index (χ2v) is 6.45. The number of hydrogen-bond acceptors (Lipinski definition) is 2. The summed E-state index contributed by atoms with van der Waals surface area (Å²) in [7, 11) is -3.41. The van der Waals surface area contributed by atoms with Gasteiger partial charge in [0.15, 0.2) is 0 Å². The molecule has 1 saturated carbocycles. The first kappa shape index (κ1) is 12.7. The van der Waals surface area contributed by atoms with Crippen molar-refractivity contribution >= 4 is 10.0 Å². The van der Waals surface area contributed by atoms with E-state index in [4.69, 9.17) is 5.14 Å². The lowest BCUT2D eigenvalue weighted by Crippen LogP contribution is -2.36. The van der Waals surface area contributed by atoms with E-state index in [1.165, 1.54) is 6.42 Å². The maximum absolute atomic E-state index is 11.5. The van der Waals surface area contributed by atoms with Gasteiger partial charge in [0, 0.05) is 0 Å². The summed E-state index contributed by atoms with van der Waals surface area (Å²) in [5.41, 5.74) is 0. The minimum absolute atomic E-state index is 0.0816. The van der Waals surface area contributed by atoms with Crippen molar-refractivity contribution in [3.63, 3.8) is 0 Å². The van der Waals surface area contributed by atoms with Gasteiger partial charge in [-0.1, -0.05) is 32.3 Å². The van der Waals surface area contributed by atoms with E-state index in [9.17, 15) is 8.42 Å². The molecular weight excluding hydrogens is 210 g/mol. The summed E-state index contributed by atoms with van der Waals surface area (Å²) < 4.78 is 22.9. The molecule has 0 aliphatic heterocycles. The minimum Gasteiger partial charge on any atom is -0.228 e. The van der Waals surface area contributed by atoms with Crippen LogP contribution < -0.4 is 5.14 Å². The highest BCUT2D eigenvalue weighted by Crippen LogP contribution is 2.34. The van der Waals surface area contributed by atoms with Crippen LogP contribution >= 0.6 is 0 Å². The molecule has 15 heavy (non-hydrogen) atoms. The van der Waals surface area contributed by atoms with Crippen molar-refractivity contribution in [2.24, 2.45) is 17.0 Å². The normalized spacial score (nSPS) is 21.7. The lowest BCUT2D eigenvalue weighted by molar-refractivity contribution is 0.274. The van der Waals surface area contributed by atoms with Gasteiger partial charge in [-0.3, -0.25) is 0 Å². The van der Waals surface area contributed by atoms with Gasteiger partial charge in [0.1, 0.15) is 0 Å². The van der Waals surface area contributed by atoms with Crippen molar-refractivity contribution < 1.29 is 8.42 Å². The third kappa shape index (κ3) is 3.61. The predicted molar refractivity (Wildman–Crippen MR) is 62.8 cm³/mol.